The third-order valence-corrected chi connectivity index (χ3v) is 4.64. The first-order valence-electron chi connectivity index (χ1n) is 6.25. The van der Waals surface area contributed by atoms with Crippen LogP contribution in [0.15, 0.2) is 0 Å². The first-order valence-corrected chi connectivity index (χ1v) is 6.25. The maximum Gasteiger partial charge on any atom is 0.168 e. The molecule has 16 heavy (non-hydrogen) atoms. The van der Waals surface area contributed by atoms with Gasteiger partial charge in [0.15, 0.2) is 5.79 Å². The molecule has 0 aromatic heterocycles. The van der Waals surface area contributed by atoms with Crippen molar-refractivity contribution in [3.05, 3.63) is 0 Å². The van der Waals surface area contributed by atoms with Gasteiger partial charge in [-0.15, -0.1) is 0 Å². The lowest BCUT2D eigenvalue weighted by Gasteiger charge is -2.49. The molecule has 1 saturated carbocycles. The lowest BCUT2D eigenvalue weighted by Crippen LogP contribution is -2.51. The van der Waals surface area contributed by atoms with Crippen molar-refractivity contribution in [3.8, 4) is 0 Å². The SMILES string of the molecule is OCC1(C2COC2)CCC2(CC1)OCCO2. The number of aliphatic hydroxyl groups is 1. The van der Waals surface area contributed by atoms with Crippen LogP contribution >= 0.6 is 0 Å². The van der Waals surface area contributed by atoms with Gasteiger partial charge in [0.2, 0.25) is 0 Å². The molecule has 4 heteroatoms. The summed E-state index contributed by atoms with van der Waals surface area (Å²) in [6, 6.07) is 0. The molecule has 3 aliphatic rings. The van der Waals surface area contributed by atoms with Crippen molar-refractivity contribution in [1.29, 1.82) is 0 Å². The average molecular weight is 228 g/mol. The highest BCUT2D eigenvalue weighted by atomic mass is 16.7. The van der Waals surface area contributed by atoms with Gasteiger partial charge < -0.3 is 19.3 Å². The summed E-state index contributed by atoms with van der Waals surface area (Å²) in [5, 5.41) is 9.67. The molecule has 0 bridgehead atoms. The van der Waals surface area contributed by atoms with Gasteiger partial charge in [-0.2, -0.15) is 0 Å². The molecule has 1 N–H and O–H groups in total. The molecule has 0 aromatic carbocycles. The second-order valence-electron chi connectivity index (χ2n) is 5.36. The Morgan fingerprint density at radius 3 is 2.06 bits per heavy atom. The van der Waals surface area contributed by atoms with E-state index in [1.807, 2.05) is 0 Å². The molecule has 2 heterocycles. The largest absolute Gasteiger partial charge is 0.396 e. The quantitative estimate of drug-likeness (QED) is 0.763. The van der Waals surface area contributed by atoms with Crippen LogP contribution in [0.3, 0.4) is 0 Å². The van der Waals surface area contributed by atoms with Crippen molar-refractivity contribution in [2.24, 2.45) is 11.3 Å². The van der Waals surface area contributed by atoms with E-state index in [-0.39, 0.29) is 17.8 Å². The maximum absolute atomic E-state index is 9.67. The summed E-state index contributed by atoms with van der Waals surface area (Å²) in [6.07, 6.45) is 3.84. The van der Waals surface area contributed by atoms with Crippen molar-refractivity contribution in [3.63, 3.8) is 0 Å². The third kappa shape index (κ3) is 1.59. The van der Waals surface area contributed by atoms with E-state index in [2.05, 4.69) is 0 Å². The minimum Gasteiger partial charge on any atom is -0.396 e. The summed E-state index contributed by atoms with van der Waals surface area (Å²) in [5.74, 6) is 0.222. The van der Waals surface area contributed by atoms with Crippen LogP contribution in [0.25, 0.3) is 0 Å². The van der Waals surface area contributed by atoms with Gasteiger partial charge in [-0.25, -0.2) is 0 Å². The normalized spacial score (nSPS) is 32.8. The van der Waals surface area contributed by atoms with Gasteiger partial charge in [0.25, 0.3) is 0 Å². The molecule has 2 saturated heterocycles. The van der Waals surface area contributed by atoms with E-state index in [0.29, 0.717) is 5.92 Å². The summed E-state index contributed by atoms with van der Waals surface area (Å²) in [6.45, 7) is 3.35. The lowest BCUT2D eigenvalue weighted by atomic mass is 9.64. The van der Waals surface area contributed by atoms with Gasteiger partial charge in [0.05, 0.1) is 26.4 Å². The average Bonchev–Trinajstić information content (AvgIpc) is 2.69. The molecule has 0 unspecified atom stereocenters. The van der Waals surface area contributed by atoms with Crippen molar-refractivity contribution in [2.75, 3.05) is 33.0 Å². The van der Waals surface area contributed by atoms with Gasteiger partial charge in [0, 0.05) is 30.8 Å². The van der Waals surface area contributed by atoms with Crippen molar-refractivity contribution in [2.45, 2.75) is 31.5 Å². The lowest BCUT2D eigenvalue weighted by molar-refractivity contribution is -0.216. The Hall–Kier alpha value is -0.160. The van der Waals surface area contributed by atoms with Crippen LogP contribution in [0, 0.1) is 11.3 Å². The molecule has 0 atom stereocenters. The monoisotopic (exact) mass is 228 g/mol. The van der Waals surface area contributed by atoms with E-state index in [0.717, 1.165) is 52.1 Å². The molecule has 4 nitrogen and oxygen atoms in total. The predicted octanol–water partition coefficient (Wildman–Crippen LogP) is 0.929. The second kappa shape index (κ2) is 3.95. The van der Waals surface area contributed by atoms with Gasteiger partial charge in [-0.3, -0.25) is 0 Å². The highest BCUT2D eigenvalue weighted by Crippen LogP contribution is 2.50. The minimum atomic E-state index is -0.316. The van der Waals surface area contributed by atoms with Crippen LogP contribution in [0.5, 0.6) is 0 Å². The highest BCUT2D eigenvalue weighted by molar-refractivity contribution is 4.96. The van der Waals surface area contributed by atoms with Crippen LogP contribution in [-0.4, -0.2) is 43.9 Å². The zero-order valence-corrected chi connectivity index (χ0v) is 9.61. The second-order valence-corrected chi connectivity index (χ2v) is 5.36. The summed E-state index contributed by atoms with van der Waals surface area (Å²) < 4.78 is 16.7. The zero-order chi connectivity index (χ0) is 11.1. The van der Waals surface area contributed by atoms with Crippen molar-refractivity contribution >= 4 is 0 Å². The van der Waals surface area contributed by atoms with Gasteiger partial charge in [-0.05, 0) is 12.8 Å². The Morgan fingerprint density at radius 2 is 1.62 bits per heavy atom. The summed E-state index contributed by atoms with van der Waals surface area (Å²) in [5.41, 5.74) is 0.0683. The van der Waals surface area contributed by atoms with Crippen LogP contribution in [-0.2, 0) is 14.2 Å². The Kier molecular flexibility index (Phi) is 2.70. The number of rotatable bonds is 2. The molecule has 0 amide bonds. The summed E-state index contributed by atoms with van der Waals surface area (Å²) >= 11 is 0. The number of aliphatic hydroxyl groups excluding tert-OH is 1. The van der Waals surface area contributed by atoms with E-state index in [4.69, 9.17) is 14.2 Å². The number of ether oxygens (including phenoxy) is 3. The third-order valence-electron chi connectivity index (χ3n) is 4.64. The highest BCUT2D eigenvalue weighted by Gasteiger charge is 2.50. The Balaban J connectivity index is 1.67. The van der Waals surface area contributed by atoms with E-state index in [9.17, 15) is 5.11 Å². The molecule has 3 fully saturated rings. The molecular weight excluding hydrogens is 208 g/mol. The smallest absolute Gasteiger partial charge is 0.168 e. The molecule has 92 valence electrons. The fraction of sp³-hybridized carbons (Fsp3) is 1.00. The van der Waals surface area contributed by atoms with Crippen LogP contribution in [0.2, 0.25) is 0 Å². The Bertz CT molecular complexity index is 246. The first-order chi connectivity index (χ1) is 7.79. The Morgan fingerprint density at radius 1 is 1.00 bits per heavy atom. The molecule has 3 rings (SSSR count). The van der Waals surface area contributed by atoms with E-state index >= 15 is 0 Å². The van der Waals surface area contributed by atoms with Gasteiger partial charge in [0.1, 0.15) is 0 Å². The van der Waals surface area contributed by atoms with E-state index in [1.165, 1.54) is 0 Å². The number of hydrogen-bond donors (Lipinski definition) is 1. The molecule has 2 aliphatic heterocycles. The van der Waals surface area contributed by atoms with Gasteiger partial charge >= 0.3 is 0 Å². The number of hydrogen-bond acceptors (Lipinski definition) is 4. The molecular formula is C12H20O4. The van der Waals surface area contributed by atoms with Crippen LogP contribution in [0.1, 0.15) is 25.7 Å². The van der Waals surface area contributed by atoms with E-state index in [1.54, 1.807) is 0 Å². The van der Waals surface area contributed by atoms with Gasteiger partial charge in [-0.1, -0.05) is 0 Å². The summed E-state index contributed by atoms with van der Waals surface area (Å²) in [4.78, 5) is 0. The molecule has 1 aliphatic carbocycles. The Labute approximate surface area is 95.9 Å². The fourth-order valence-corrected chi connectivity index (χ4v) is 3.20. The van der Waals surface area contributed by atoms with E-state index < -0.39 is 0 Å². The minimum absolute atomic E-state index is 0.0683. The topological polar surface area (TPSA) is 47.9 Å². The maximum atomic E-state index is 9.67. The standard InChI is InChI=1S/C12H20O4/c13-9-11(10-7-14-8-10)1-3-12(4-2-11)15-5-6-16-12/h10,13H,1-9H2. The van der Waals surface area contributed by atoms with Crippen LogP contribution < -0.4 is 0 Å². The molecule has 0 aromatic rings. The van der Waals surface area contributed by atoms with Crippen LogP contribution in [0.4, 0.5) is 0 Å². The first kappa shape index (κ1) is 11.0. The molecule has 0 radical (unpaired) electrons. The zero-order valence-electron chi connectivity index (χ0n) is 9.61. The van der Waals surface area contributed by atoms with Crippen molar-refractivity contribution < 1.29 is 19.3 Å². The fourth-order valence-electron chi connectivity index (χ4n) is 3.20. The molecule has 1 spiro atoms. The predicted molar refractivity (Wildman–Crippen MR) is 56.9 cm³/mol. The summed E-state index contributed by atoms with van der Waals surface area (Å²) in [7, 11) is 0. The van der Waals surface area contributed by atoms with Crippen molar-refractivity contribution in [1.82, 2.24) is 0 Å².